The van der Waals surface area contributed by atoms with Crippen molar-refractivity contribution in [2.24, 2.45) is 11.8 Å². The second-order valence-electron chi connectivity index (χ2n) is 7.28. The van der Waals surface area contributed by atoms with Gasteiger partial charge in [-0.1, -0.05) is 42.5 Å². The number of nitrogens with one attached hydrogen (secondary N) is 1. The summed E-state index contributed by atoms with van der Waals surface area (Å²) < 4.78 is 19.1. The molecule has 5 heteroatoms. The molecule has 0 aromatic heterocycles. The number of rotatable bonds is 5. The smallest absolute Gasteiger partial charge is 0.407 e. The number of amides is 1. The summed E-state index contributed by atoms with van der Waals surface area (Å²) in [4.78, 5) is 12.2. The number of benzene rings is 2. The van der Waals surface area contributed by atoms with Gasteiger partial charge in [0.2, 0.25) is 0 Å². The van der Waals surface area contributed by atoms with Gasteiger partial charge in [0.15, 0.2) is 0 Å². The van der Waals surface area contributed by atoms with E-state index >= 15 is 0 Å². The van der Waals surface area contributed by atoms with Crippen molar-refractivity contribution in [2.45, 2.75) is 18.4 Å². The SMILES string of the molecule is O=C(NCC1(c2cccc(F)c2)C2CC[NH2+]CC21)OCc1ccccc1. The number of carbonyl (C=O) groups is 1. The van der Waals surface area contributed by atoms with Crippen molar-refractivity contribution in [3.8, 4) is 0 Å². The summed E-state index contributed by atoms with van der Waals surface area (Å²) in [6, 6.07) is 16.4. The standard InChI is InChI=1S/C21H23FN2O2/c22-17-8-4-7-16(11-17)21(18-9-10-23-12-19(18)21)14-24-20(25)26-13-15-5-2-1-3-6-15/h1-8,11,18-19,23H,9-10,12-14H2,(H,24,25)/p+1. The van der Waals surface area contributed by atoms with Crippen LogP contribution >= 0.6 is 0 Å². The van der Waals surface area contributed by atoms with Gasteiger partial charge in [0.1, 0.15) is 12.4 Å². The predicted molar refractivity (Wildman–Crippen MR) is 96.0 cm³/mol. The number of hydrogen-bond donors (Lipinski definition) is 2. The van der Waals surface area contributed by atoms with Gasteiger partial charge >= 0.3 is 6.09 Å². The van der Waals surface area contributed by atoms with E-state index in [1.165, 1.54) is 6.07 Å². The van der Waals surface area contributed by atoms with Crippen molar-refractivity contribution in [1.29, 1.82) is 0 Å². The van der Waals surface area contributed by atoms with Crippen molar-refractivity contribution < 1.29 is 19.2 Å². The lowest BCUT2D eigenvalue weighted by molar-refractivity contribution is -0.664. The van der Waals surface area contributed by atoms with E-state index in [1.807, 2.05) is 36.4 Å². The van der Waals surface area contributed by atoms with Crippen LogP contribution in [0, 0.1) is 17.7 Å². The van der Waals surface area contributed by atoms with Gasteiger partial charge in [0.25, 0.3) is 0 Å². The Morgan fingerprint density at radius 2 is 2.04 bits per heavy atom. The summed E-state index contributed by atoms with van der Waals surface area (Å²) in [6.45, 7) is 2.87. The summed E-state index contributed by atoms with van der Waals surface area (Å²) in [6.07, 6.45) is 0.680. The fraction of sp³-hybridized carbons (Fsp3) is 0.381. The van der Waals surface area contributed by atoms with Crippen LogP contribution < -0.4 is 10.6 Å². The van der Waals surface area contributed by atoms with E-state index in [2.05, 4.69) is 10.6 Å². The van der Waals surface area contributed by atoms with Gasteiger partial charge in [-0.05, 0) is 29.2 Å². The van der Waals surface area contributed by atoms with E-state index in [9.17, 15) is 9.18 Å². The van der Waals surface area contributed by atoms with Crippen LogP contribution in [0.2, 0.25) is 0 Å². The number of ether oxygens (including phenoxy) is 1. The number of piperidine rings is 1. The Kier molecular flexibility index (Phi) is 4.64. The van der Waals surface area contributed by atoms with Crippen molar-refractivity contribution >= 4 is 6.09 Å². The molecule has 1 heterocycles. The molecule has 2 aliphatic rings. The molecule has 4 rings (SSSR count). The molecule has 1 aliphatic carbocycles. The summed E-state index contributed by atoms with van der Waals surface area (Å²) in [5.41, 5.74) is 1.78. The van der Waals surface area contributed by atoms with E-state index in [-0.39, 0.29) is 17.8 Å². The van der Waals surface area contributed by atoms with Gasteiger partial charge in [-0.2, -0.15) is 0 Å². The summed E-state index contributed by atoms with van der Waals surface area (Å²) in [5, 5.41) is 5.25. The molecule has 0 bridgehead atoms. The number of halogens is 1. The predicted octanol–water partition coefficient (Wildman–Crippen LogP) is 2.20. The van der Waals surface area contributed by atoms with Crippen LogP contribution in [-0.2, 0) is 16.8 Å². The van der Waals surface area contributed by atoms with Gasteiger partial charge in [0, 0.05) is 24.3 Å². The topological polar surface area (TPSA) is 54.9 Å². The first-order valence-electron chi connectivity index (χ1n) is 9.22. The summed E-state index contributed by atoms with van der Waals surface area (Å²) in [5.74, 6) is 0.761. The van der Waals surface area contributed by atoms with Crippen LogP contribution in [0.3, 0.4) is 0 Å². The van der Waals surface area contributed by atoms with E-state index in [0.29, 0.717) is 18.4 Å². The molecule has 1 aliphatic heterocycles. The Hall–Kier alpha value is -2.40. The Balaban J connectivity index is 1.42. The lowest BCUT2D eigenvalue weighted by Gasteiger charge is -2.19. The molecule has 0 spiro atoms. The number of quaternary nitrogens is 1. The minimum Gasteiger partial charge on any atom is -0.445 e. The van der Waals surface area contributed by atoms with E-state index in [4.69, 9.17) is 4.74 Å². The highest BCUT2D eigenvalue weighted by molar-refractivity contribution is 5.67. The molecule has 0 radical (unpaired) electrons. The molecule has 3 N–H and O–H groups in total. The highest BCUT2D eigenvalue weighted by atomic mass is 19.1. The largest absolute Gasteiger partial charge is 0.445 e. The van der Waals surface area contributed by atoms with Crippen LogP contribution in [0.15, 0.2) is 54.6 Å². The molecular formula is C21H24FN2O2+. The first-order chi connectivity index (χ1) is 12.7. The highest BCUT2D eigenvalue weighted by Gasteiger charge is 2.67. The van der Waals surface area contributed by atoms with Crippen LogP contribution in [0.4, 0.5) is 9.18 Å². The summed E-state index contributed by atoms with van der Waals surface area (Å²) >= 11 is 0. The van der Waals surface area contributed by atoms with Gasteiger partial charge in [0.05, 0.1) is 13.1 Å². The minimum absolute atomic E-state index is 0.166. The van der Waals surface area contributed by atoms with Crippen LogP contribution in [0.1, 0.15) is 17.5 Å². The zero-order chi connectivity index (χ0) is 18.0. The fourth-order valence-corrected chi connectivity index (χ4v) is 4.60. The quantitative estimate of drug-likeness (QED) is 0.864. The third-order valence-electron chi connectivity index (χ3n) is 5.90. The molecule has 26 heavy (non-hydrogen) atoms. The molecule has 2 fully saturated rings. The maximum absolute atomic E-state index is 13.8. The van der Waals surface area contributed by atoms with Crippen LogP contribution in [-0.4, -0.2) is 25.7 Å². The maximum Gasteiger partial charge on any atom is 0.407 e. The van der Waals surface area contributed by atoms with Gasteiger partial charge < -0.3 is 15.4 Å². The molecule has 1 saturated heterocycles. The monoisotopic (exact) mass is 355 g/mol. The van der Waals surface area contributed by atoms with E-state index < -0.39 is 6.09 Å². The number of alkyl carbamates (subject to hydrolysis) is 1. The van der Waals surface area contributed by atoms with Crippen molar-refractivity contribution in [3.63, 3.8) is 0 Å². The first kappa shape index (κ1) is 17.0. The van der Waals surface area contributed by atoms with Gasteiger partial charge in [-0.15, -0.1) is 0 Å². The molecule has 2 aromatic rings. The second kappa shape index (κ2) is 7.08. The van der Waals surface area contributed by atoms with Crippen LogP contribution in [0.5, 0.6) is 0 Å². The van der Waals surface area contributed by atoms with E-state index in [1.54, 1.807) is 12.1 Å². The lowest BCUT2D eigenvalue weighted by atomic mass is 9.91. The zero-order valence-electron chi connectivity index (χ0n) is 14.7. The first-order valence-corrected chi connectivity index (χ1v) is 9.22. The second-order valence-corrected chi connectivity index (χ2v) is 7.28. The Labute approximate surface area is 152 Å². The number of carbonyl (C=O) groups excluding carboxylic acids is 1. The average Bonchev–Trinajstić information content (AvgIpc) is 3.34. The Bertz CT molecular complexity index is 769. The average molecular weight is 355 g/mol. The Morgan fingerprint density at radius 1 is 1.19 bits per heavy atom. The van der Waals surface area contributed by atoms with Gasteiger partial charge in [-0.25, -0.2) is 9.18 Å². The molecule has 2 aromatic carbocycles. The fourth-order valence-electron chi connectivity index (χ4n) is 4.60. The highest BCUT2D eigenvalue weighted by Crippen LogP contribution is 2.61. The normalized spacial score (nSPS) is 26.7. The third-order valence-corrected chi connectivity index (χ3v) is 5.90. The lowest BCUT2D eigenvalue weighted by Crippen LogP contribution is -2.86. The zero-order valence-corrected chi connectivity index (χ0v) is 14.7. The minimum atomic E-state index is -0.419. The molecule has 136 valence electrons. The molecule has 1 saturated carbocycles. The number of hydrogen-bond acceptors (Lipinski definition) is 2. The molecular weight excluding hydrogens is 331 g/mol. The Morgan fingerprint density at radius 3 is 2.77 bits per heavy atom. The molecule has 4 nitrogen and oxygen atoms in total. The number of fused-ring (bicyclic) bond motifs is 1. The molecule has 3 unspecified atom stereocenters. The molecule has 1 amide bonds. The van der Waals surface area contributed by atoms with Crippen LogP contribution in [0.25, 0.3) is 0 Å². The third kappa shape index (κ3) is 3.19. The maximum atomic E-state index is 13.8. The van der Waals surface area contributed by atoms with Crippen molar-refractivity contribution in [1.82, 2.24) is 5.32 Å². The van der Waals surface area contributed by atoms with Crippen molar-refractivity contribution in [2.75, 3.05) is 19.6 Å². The number of nitrogens with two attached hydrogens (primary N) is 1. The van der Waals surface area contributed by atoms with Gasteiger partial charge in [-0.3, -0.25) is 0 Å². The van der Waals surface area contributed by atoms with E-state index in [0.717, 1.165) is 30.6 Å². The molecule has 3 atom stereocenters. The van der Waals surface area contributed by atoms with Crippen molar-refractivity contribution in [3.05, 3.63) is 71.5 Å². The summed E-state index contributed by atoms with van der Waals surface area (Å²) in [7, 11) is 0.